The summed E-state index contributed by atoms with van der Waals surface area (Å²) in [4.78, 5) is 45.8. The highest BCUT2D eigenvalue weighted by molar-refractivity contribution is 6.21. The van der Waals surface area contributed by atoms with Crippen LogP contribution < -0.4 is 10.6 Å². The monoisotopic (exact) mass is 491 g/mol. The Balaban J connectivity index is 1.60. The highest BCUT2D eigenvalue weighted by Gasteiger charge is 2.81. The molecule has 0 aromatic heterocycles. The first-order valence-electron chi connectivity index (χ1n) is 13.0. The number of amides is 2. The Hall–Kier alpha value is -3.77. The van der Waals surface area contributed by atoms with Gasteiger partial charge in [0.05, 0.1) is 5.92 Å². The van der Waals surface area contributed by atoms with Crippen LogP contribution in [0.5, 0.6) is 0 Å². The molecule has 4 atom stereocenters. The van der Waals surface area contributed by atoms with Crippen LogP contribution in [0.3, 0.4) is 0 Å². The second-order valence-electron chi connectivity index (χ2n) is 11.1. The van der Waals surface area contributed by atoms with Crippen LogP contribution in [0.4, 0.5) is 11.4 Å². The Labute approximate surface area is 216 Å². The predicted molar refractivity (Wildman–Crippen MR) is 142 cm³/mol. The Morgan fingerprint density at radius 3 is 2.43 bits per heavy atom. The number of fused-ring (bicyclic) bond motifs is 7. The van der Waals surface area contributed by atoms with E-state index in [9.17, 15) is 14.4 Å². The molecule has 3 aromatic carbocycles. The molecule has 2 spiro atoms. The average molecular weight is 492 g/mol. The maximum absolute atomic E-state index is 14.6. The van der Waals surface area contributed by atoms with Crippen LogP contribution in [0.1, 0.15) is 51.0 Å². The van der Waals surface area contributed by atoms with E-state index in [2.05, 4.69) is 21.6 Å². The molecule has 4 aliphatic heterocycles. The molecule has 0 bridgehead atoms. The van der Waals surface area contributed by atoms with Crippen LogP contribution in [0, 0.1) is 26.7 Å². The van der Waals surface area contributed by atoms with Crippen molar-refractivity contribution < 1.29 is 14.4 Å². The van der Waals surface area contributed by atoms with Gasteiger partial charge in [-0.2, -0.15) is 0 Å². The number of nitrogens with zero attached hydrogens (tertiary/aromatic N) is 1. The van der Waals surface area contributed by atoms with E-state index in [1.807, 2.05) is 75.4 Å². The molecular formula is C31H29N3O3. The molecule has 0 radical (unpaired) electrons. The van der Waals surface area contributed by atoms with Gasteiger partial charge in [0.15, 0.2) is 5.78 Å². The van der Waals surface area contributed by atoms with Crippen molar-refractivity contribution in [1.82, 2.24) is 4.90 Å². The maximum atomic E-state index is 14.6. The summed E-state index contributed by atoms with van der Waals surface area (Å²) in [7, 11) is 0. The summed E-state index contributed by atoms with van der Waals surface area (Å²) in [5.41, 5.74) is 3.92. The van der Waals surface area contributed by atoms with Crippen LogP contribution in [0.15, 0.2) is 60.7 Å². The van der Waals surface area contributed by atoms with E-state index in [4.69, 9.17) is 0 Å². The Morgan fingerprint density at radius 2 is 1.65 bits per heavy atom. The quantitative estimate of drug-likeness (QED) is 0.513. The number of Topliss-reactive ketones (excluding diaryl/α,β-unsaturated/α-hetero) is 1. The normalized spacial score (nSPS) is 29.4. The number of nitrogens with one attached hydrogen (secondary N) is 2. The number of carbonyl (C=O) groups is 3. The Kier molecular flexibility index (Phi) is 4.48. The lowest BCUT2D eigenvalue weighted by atomic mass is 9.57. The molecule has 2 saturated heterocycles. The van der Waals surface area contributed by atoms with Crippen LogP contribution in [0.2, 0.25) is 0 Å². The van der Waals surface area contributed by atoms with Gasteiger partial charge in [-0.05, 0) is 57.4 Å². The van der Waals surface area contributed by atoms with E-state index in [-0.39, 0.29) is 23.6 Å². The van der Waals surface area contributed by atoms with Crippen molar-refractivity contribution in [3.05, 3.63) is 94.0 Å². The summed E-state index contributed by atoms with van der Waals surface area (Å²) >= 11 is 0. The van der Waals surface area contributed by atoms with Gasteiger partial charge in [0.25, 0.3) is 5.91 Å². The molecule has 0 saturated carbocycles. The van der Waals surface area contributed by atoms with E-state index in [0.717, 1.165) is 46.3 Å². The van der Waals surface area contributed by atoms with Crippen molar-refractivity contribution in [3.8, 4) is 0 Å². The fraction of sp³-hybridized carbons (Fsp3) is 0.323. The molecule has 4 heterocycles. The Morgan fingerprint density at radius 1 is 0.892 bits per heavy atom. The van der Waals surface area contributed by atoms with Gasteiger partial charge in [0.1, 0.15) is 11.0 Å². The van der Waals surface area contributed by atoms with Gasteiger partial charge in [0.2, 0.25) is 5.91 Å². The summed E-state index contributed by atoms with van der Waals surface area (Å²) in [5.74, 6) is -1.27. The van der Waals surface area contributed by atoms with Crippen LogP contribution in [-0.2, 0) is 20.5 Å². The molecule has 0 aliphatic carbocycles. The van der Waals surface area contributed by atoms with E-state index in [0.29, 0.717) is 17.8 Å². The fourth-order valence-corrected chi connectivity index (χ4v) is 7.93. The minimum atomic E-state index is -1.40. The standard InChI is InChI=1S/C31H29N3O3/c1-17-10-12-20(13-11-17)27(35)25-24-9-6-14-34(24)31(22-16-18(2)15-19(3)26(22)33-29(31)37)30(25)21-7-4-5-8-23(21)32-28(30)36/h4-5,7-8,10-13,15-16,24-25H,6,9,14H2,1-3H3,(H,32,36)(H,33,37)/t24-,25-,30+,31-/m1/s1. The smallest absolute Gasteiger partial charge is 0.251 e. The summed E-state index contributed by atoms with van der Waals surface area (Å²) in [6.45, 7) is 6.65. The zero-order valence-electron chi connectivity index (χ0n) is 21.2. The third-order valence-corrected chi connectivity index (χ3v) is 9.17. The molecule has 2 N–H and O–H groups in total. The zero-order chi connectivity index (χ0) is 25.7. The van der Waals surface area contributed by atoms with Crippen LogP contribution in [0.25, 0.3) is 0 Å². The zero-order valence-corrected chi connectivity index (χ0v) is 21.2. The largest absolute Gasteiger partial charge is 0.325 e. The number of carbonyl (C=O) groups excluding carboxylic acids is 3. The van der Waals surface area contributed by atoms with Crippen LogP contribution in [-0.4, -0.2) is 35.1 Å². The summed E-state index contributed by atoms with van der Waals surface area (Å²) in [6, 6.07) is 19.0. The lowest BCUT2D eigenvalue weighted by Gasteiger charge is -2.43. The highest BCUT2D eigenvalue weighted by atomic mass is 16.2. The Bertz CT molecular complexity index is 1530. The van der Waals surface area contributed by atoms with Crippen molar-refractivity contribution in [2.24, 2.45) is 5.92 Å². The first-order chi connectivity index (χ1) is 17.8. The van der Waals surface area contributed by atoms with E-state index >= 15 is 0 Å². The molecule has 6 nitrogen and oxygen atoms in total. The number of ketones is 1. The van der Waals surface area contributed by atoms with E-state index in [1.54, 1.807) is 0 Å². The van der Waals surface area contributed by atoms with Gasteiger partial charge >= 0.3 is 0 Å². The number of rotatable bonds is 2. The number of anilines is 2. The number of benzene rings is 3. The van der Waals surface area contributed by atoms with Gasteiger partial charge < -0.3 is 10.6 Å². The van der Waals surface area contributed by atoms with Gasteiger partial charge in [-0.15, -0.1) is 0 Å². The first-order valence-corrected chi connectivity index (χ1v) is 13.0. The minimum Gasteiger partial charge on any atom is -0.325 e. The molecule has 2 fully saturated rings. The van der Waals surface area contributed by atoms with E-state index < -0.39 is 16.9 Å². The molecule has 0 unspecified atom stereocenters. The maximum Gasteiger partial charge on any atom is 0.251 e. The predicted octanol–water partition coefficient (Wildman–Crippen LogP) is 4.63. The molecule has 6 heteroatoms. The fourth-order valence-electron chi connectivity index (χ4n) is 7.93. The van der Waals surface area contributed by atoms with Crippen molar-refractivity contribution in [2.45, 2.75) is 50.6 Å². The van der Waals surface area contributed by atoms with Gasteiger partial charge in [-0.25, -0.2) is 0 Å². The minimum absolute atomic E-state index is 0.0775. The lowest BCUT2D eigenvalue weighted by Crippen LogP contribution is -2.62. The lowest BCUT2D eigenvalue weighted by molar-refractivity contribution is -0.137. The molecule has 2 amide bonds. The topological polar surface area (TPSA) is 78.5 Å². The number of para-hydroxylation sites is 1. The number of hydrogen-bond acceptors (Lipinski definition) is 4. The second-order valence-corrected chi connectivity index (χ2v) is 11.1. The van der Waals surface area contributed by atoms with E-state index in [1.165, 1.54) is 0 Å². The highest BCUT2D eigenvalue weighted by Crippen LogP contribution is 2.68. The van der Waals surface area contributed by atoms with Gasteiger partial charge in [0, 0.05) is 28.5 Å². The summed E-state index contributed by atoms with van der Waals surface area (Å²) in [5, 5.41) is 6.27. The molecule has 4 aliphatic rings. The van der Waals surface area contributed by atoms with Gasteiger partial charge in [-0.3, -0.25) is 19.3 Å². The SMILES string of the molecule is Cc1ccc(C(=O)[C@H]2[C@H]3CCCN3[C@]3(C(=O)Nc4c(C)cc(C)cc43)[C@]23C(=O)Nc2ccccc23)cc1. The van der Waals surface area contributed by atoms with Crippen molar-refractivity contribution >= 4 is 29.0 Å². The third-order valence-electron chi connectivity index (χ3n) is 9.17. The van der Waals surface area contributed by atoms with Crippen molar-refractivity contribution in [3.63, 3.8) is 0 Å². The molecule has 186 valence electrons. The van der Waals surface area contributed by atoms with Crippen molar-refractivity contribution in [2.75, 3.05) is 17.2 Å². The second kappa shape index (κ2) is 7.39. The first kappa shape index (κ1) is 22.4. The van der Waals surface area contributed by atoms with Gasteiger partial charge in [-0.1, -0.05) is 65.7 Å². The molecule has 3 aromatic rings. The summed E-state index contributed by atoms with van der Waals surface area (Å²) < 4.78 is 0. The molecule has 7 rings (SSSR count). The summed E-state index contributed by atoms with van der Waals surface area (Å²) in [6.07, 6.45) is 1.63. The molecule has 37 heavy (non-hydrogen) atoms. The van der Waals surface area contributed by atoms with Crippen molar-refractivity contribution in [1.29, 1.82) is 0 Å². The van der Waals surface area contributed by atoms with Crippen LogP contribution >= 0.6 is 0 Å². The molecular weight excluding hydrogens is 462 g/mol. The average Bonchev–Trinajstić information content (AvgIpc) is 3.59. The number of hydrogen-bond donors (Lipinski definition) is 2. The number of aryl methyl sites for hydroxylation is 3. The third kappa shape index (κ3) is 2.51.